The normalized spacial score (nSPS) is 10.1. The molecule has 0 fully saturated rings. The van der Waals surface area contributed by atoms with E-state index in [-0.39, 0.29) is 5.97 Å². The summed E-state index contributed by atoms with van der Waals surface area (Å²) in [5, 5.41) is 0. The van der Waals surface area contributed by atoms with Gasteiger partial charge in [-0.25, -0.2) is 0 Å². The fraction of sp³-hybridized carbons (Fsp3) is 0.0714. The third-order valence-corrected chi connectivity index (χ3v) is 3.18. The number of carbonyl (C=O) groups excluding carboxylic acids is 1. The molecule has 0 bridgehead atoms. The van der Waals surface area contributed by atoms with Crippen molar-refractivity contribution >= 4 is 23.4 Å². The molecular formula is C14H13NO2S. The molecule has 0 aliphatic rings. The van der Waals surface area contributed by atoms with Gasteiger partial charge in [0, 0.05) is 22.4 Å². The van der Waals surface area contributed by atoms with Gasteiger partial charge in [0.1, 0.15) is 5.75 Å². The van der Waals surface area contributed by atoms with Crippen molar-refractivity contribution in [2.24, 2.45) is 0 Å². The number of ether oxygens (including phenoxy) is 1. The molecular weight excluding hydrogens is 246 g/mol. The van der Waals surface area contributed by atoms with Gasteiger partial charge in [-0.1, -0.05) is 17.8 Å². The maximum absolute atomic E-state index is 10.9. The summed E-state index contributed by atoms with van der Waals surface area (Å²) in [5.41, 5.74) is 6.38. The number of nitrogens with two attached hydrogens (primary N) is 1. The minimum Gasteiger partial charge on any atom is -0.427 e. The van der Waals surface area contributed by atoms with Crippen molar-refractivity contribution in [1.82, 2.24) is 0 Å². The molecule has 4 heteroatoms. The quantitative estimate of drug-likeness (QED) is 0.522. The van der Waals surface area contributed by atoms with Crippen LogP contribution in [0.15, 0.2) is 58.3 Å². The van der Waals surface area contributed by atoms with Gasteiger partial charge in [-0.05, 0) is 42.5 Å². The first-order chi connectivity index (χ1) is 8.63. The average molecular weight is 259 g/mol. The molecule has 0 saturated heterocycles. The molecule has 0 heterocycles. The van der Waals surface area contributed by atoms with E-state index in [2.05, 4.69) is 0 Å². The van der Waals surface area contributed by atoms with Crippen LogP contribution >= 0.6 is 11.8 Å². The molecule has 2 aromatic carbocycles. The second-order valence-electron chi connectivity index (χ2n) is 3.74. The fourth-order valence-electron chi connectivity index (χ4n) is 1.44. The highest BCUT2D eigenvalue weighted by Crippen LogP contribution is 2.30. The number of hydrogen-bond donors (Lipinski definition) is 1. The fourth-order valence-corrected chi connectivity index (χ4v) is 2.31. The van der Waals surface area contributed by atoms with Crippen LogP contribution in [0.1, 0.15) is 6.92 Å². The lowest BCUT2D eigenvalue weighted by Crippen LogP contribution is -2.00. The summed E-state index contributed by atoms with van der Waals surface area (Å²) in [4.78, 5) is 13.0. The van der Waals surface area contributed by atoms with Crippen LogP contribution in [-0.4, -0.2) is 5.97 Å². The zero-order valence-corrected chi connectivity index (χ0v) is 10.7. The van der Waals surface area contributed by atoms with Crippen LogP contribution in [-0.2, 0) is 4.79 Å². The molecule has 92 valence electrons. The topological polar surface area (TPSA) is 52.3 Å². The SMILES string of the molecule is CC(=O)Oc1cccc(Sc2ccc(N)cc2)c1. The van der Waals surface area contributed by atoms with E-state index in [4.69, 9.17) is 10.5 Å². The van der Waals surface area contributed by atoms with Crippen molar-refractivity contribution in [3.8, 4) is 5.75 Å². The predicted molar refractivity (Wildman–Crippen MR) is 72.7 cm³/mol. The first-order valence-electron chi connectivity index (χ1n) is 5.45. The molecule has 2 rings (SSSR count). The van der Waals surface area contributed by atoms with Gasteiger partial charge < -0.3 is 10.5 Å². The van der Waals surface area contributed by atoms with Crippen molar-refractivity contribution in [2.75, 3.05) is 5.73 Å². The summed E-state index contributed by atoms with van der Waals surface area (Å²) < 4.78 is 5.04. The molecule has 18 heavy (non-hydrogen) atoms. The van der Waals surface area contributed by atoms with E-state index in [1.807, 2.05) is 42.5 Å². The van der Waals surface area contributed by atoms with Gasteiger partial charge in [0.25, 0.3) is 0 Å². The number of rotatable bonds is 3. The lowest BCUT2D eigenvalue weighted by atomic mass is 10.3. The van der Waals surface area contributed by atoms with E-state index in [9.17, 15) is 4.79 Å². The van der Waals surface area contributed by atoms with Crippen molar-refractivity contribution in [1.29, 1.82) is 0 Å². The lowest BCUT2D eigenvalue weighted by Gasteiger charge is -2.05. The van der Waals surface area contributed by atoms with Crippen molar-refractivity contribution < 1.29 is 9.53 Å². The van der Waals surface area contributed by atoms with E-state index in [0.29, 0.717) is 5.75 Å². The van der Waals surface area contributed by atoms with Gasteiger partial charge in [0.05, 0.1) is 0 Å². The second kappa shape index (κ2) is 5.60. The smallest absolute Gasteiger partial charge is 0.308 e. The minimum absolute atomic E-state index is 0.315. The molecule has 0 amide bonds. The second-order valence-corrected chi connectivity index (χ2v) is 4.89. The van der Waals surface area contributed by atoms with Gasteiger partial charge in [-0.15, -0.1) is 0 Å². The number of benzene rings is 2. The van der Waals surface area contributed by atoms with E-state index >= 15 is 0 Å². The number of anilines is 1. The first kappa shape index (κ1) is 12.5. The highest BCUT2D eigenvalue weighted by Gasteiger charge is 2.01. The molecule has 2 N–H and O–H groups in total. The van der Waals surface area contributed by atoms with Crippen molar-refractivity contribution in [2.45, 2.75) is 16.7 Å². The Balaban J connectivity index is 2.13. The highest BCUT2D eigenvalue weighted by atomic mass is 32.2. The molecule has 0 atom stereocenters. The van der Waals surface area contributed by atoms with Crippen LogP contribution in [0, 0.1) is 0 Å². The van der Waals surface area contributed by atoms with Gasteiger partial charge >= 0.3 is 5.97 Å². The van der Waals surface area contributed by atoms with E-state index in [1.165, 1.54) is 6.92 Å². The first-order valence-corrected chi connectivity index (χ1v) is 6.27. The third-order valence-electron chi connectivity index (χ3n) is 2.18. The molecule has 0 radical (unpaired) electrons. The Bertz CT molecular complexity index is 552. The van der Waals surface area contributed by atoms with Crippen LogP contribution in [0.3, 0.4) is 0 Å². The summed E-state index contributed by atoms with van der Waals surface area (Å²) in [6.45, 7) is 1.39. The summed E-state index contributed by atoms with van der Waals surface area (Å²) in [5.74, 6) is 0.243. The Morgan fingerprint density at radius 2 is 1.83 bits per heavy atom. The molecule has 0 saturated carbocycles. The Labute approximate surface area is 110 Å². The standard InChI is InChI=1S/C14H13NO2S/c1-10(16)17-12-3-2-4-14(9-12)18-13-7-5-11(15)6-8-13/h2-9H,15H2,1H3. The number of carbonyl (C=O) groups is 1. The third kappa shape index (κ3) is 3.53. The average Bonchev–Trinajstić information content (AvgIpc) is 2.32. The Kier molecular flexibility index (Phi) is 3.89. The zero-order chi connectivity index (χ0) is 13.0. The van der Waals surface area contributed by atoms with Crippen LogP contribution in [0.4, 0.5) is 5.69 Å². The van der Waals surface area contributed by atoms with E-state index in [0.717, 1.165) is 15.5 Å². The minimum atomic E-state index is -0.315. The van der Waals surface area contributed by atoms with Crippen LogP contribution in [0.25, 0.3) is 0 Å². The monoisotopic (exact) mass is 259 g/mol. The van der Waals surface area contributed by atoms with Gasteiger partial charge in [0.15, 0.2) is 0 Å². The summed E-state index contributed by atoms with van der Waals surface area (Å²) in [6.07, 6.45) is 0. The van der Waals surface area contributed by atoms with Gasteiger partial charge in [0.2, 0.25) is 0 Å². The van der Waals surface area contributed by atoms with E-state index < -0.39 is 0 Å². The summed E-state index contributed by atoms with van der Waals surface area (Å²) in [7, 11) is 0. The van der Waals surface area contributed by atoms with Crippen LogP contribution in [0.5, 0.6) is 5.75 Å². The van der Waals surface area contributed by atoms with Crippen LogP contribution in [0.2, 0.25) is 0 Å². The highest BCUT2D eigenvalue weighted by molar-refractivity contribution is 7.99. The van der Waals surface area contributed by atoms with Gasteiger partial charge in [-0.2, -0.15) is 0 Å². The number of nitrogen functional groups attached to an aromatic ring is 1. The predicted octanol–water partition coefficient (Wildman–Crippen LogP) is 3.35. The maximum Gasteiger partial charge on any atom is 0.308 e. The largest absolute Gasteiger partial charge is 0.427 e. The molecule has 2 aromatic rings. The van der Waals surface area contributed by atoms with Gasteiger partial charge in [-0.3, -0.25) is 4.79 Å². The Hall–Kier alpha value is -1.94. The number of esters is 1. The van der Waals surface area contributed by atoms with Crippen molar-refractivity contribution in [3.63, 3.8) is 0 Å². The lowest BCUT2D eigenvalue weighted by molar-refractivity contribution is -0.131. The molecule has 0 aliphatic carbocycles. The Morgan fingerprint density at radius 1 is 1.11 bits per heavy atom. The van der Waals surface area contributed by atoms with E-state index in [1.54, 1.807) is 17.8 Å². The molecule has 0 aromatic heterocycles. The molecule has 0 spiro atoms. The van der Waals surface area contributed by atoms with Crippen molar-refractivity contribution in [3.05, 3.63) is 48.5 Å². The molecule has 0 aliphatic heterocycles. The Morgan fingerprint density at radius 3 is 2.50 bits per heavy atom. The summed E-state index contributed by atoms with van der Waals surface area (Å²) in [6, 6.07) is 15.1. The van der Waals surface area contributed by atoms with Crippen LogP contribution < -0.4 is 10.5 Å². The zero-order valence-electron chi connectivity index (χ0n) is 9.92. The summed E-state index contributed by atoms with van der Waals surface area (Å²) >= 11 is 1.59. The molecule has 3 nitrogen and oxygen atoms in total. The maximum atomic E-state index is 10.9. The number of hydrogen-bond acceptors (Lipinski definition) is 4. The molecule has 0 unspecified atom stereocenters.